The molecule has 0 saturated carbocycles. The van der Waals surface area contributed by atoms with Crippen molar-refractivity contribution in [3.8, 4) is 16.9 Å². The second kappa shape index (κ2) is 7.63. The van der Waals surface area contributed by atoms with Gasteiger partial charge in [0.15, 0.2) is 17.1 Å². The van der Waals surface area contributed by atoms with E-state index in [0.717, 1.165) is 0 Å². The number of rotatable bonds is 5. The van der Waals surface area contributed by atoms with Gasteiger partial charge in [-0.05, 0) is 23.8 Å². The van der Waals surface area contributed by atoms with Crippen molar-refractivity contribution in [3.63, 3.8) is 0 Å². The third-order valence-corrected chi connectivity index (χ3v) is 6.48. The maximum atomic E-state index is 14.8. The number of benzene rings is 2. The lowest BCUT2D eigenvalue weighted by molar-refractivity contribution is -0.125. The van der Waals surface area contributed by atoms with Crippen LogP contribution in [0.15, 0.2) is 47.1 Å². The summed E-state index contributed by atoms with van der Waals surface area (Å²) in [6, 6.07) is 6.39. The first-order chi connectivity index (χ1) is 17.3. The van der Waals surface area contributed by atoms with Gasteiger partial charge in [-0.2, -0.15) is 5.10 Å². The molecule has 1 atom stereocenters. The molecule has 182 valence electrons. The molecule has 4 heterocycles. The number of H-pyrrole nitrogens is 1. The highest BCUT2D eigenvalue weighted by Crippen LogP contribution is 2.37. The first kappa shape index (κ1) is 21.8. The van der Waals surface area contributed by atoms with Crippen molar-refractivity contribution in [3.05, 3.63) is 71.2 Å². The van der Waals surface area contributed by atoms with Gasteiger partial charge < -0.3 is 19.4 Å². The number of nitrogens with zero attached hydrogens (tertiary/aromatic N) is 2. The molecule has 0 radical (unpaired) electrons. The molecule has 2 aliphatic rings. The van der Waals surface area contributed by atoms with Crippen LogP contribution in [-0.2, 0) is 16.9 Å². The molecule has 2 aromatic carbocycles. The number of hydrogen-bond acceptors (Lipinski definition) is 6. The zero-order valence-corrected chi connectivity index (χ0v) is 18.6. The first-order valence-corrected chi connectivity index (χ1v) is 10.8. The fourth-order valence-corrected chi connectivity index (χ4v) is 4.71. The topological polar surface area (TPSA) is 130 Å². The van der Waals surface area contributed by atoms with Crippen molar-refractivity contribution >= 4 is 28.8 Å². The van der Waals surface area contributed by atoms with Crippen LogP contribution < -0.4 is 15.4 Å². The fourth-order valence-electron chi connectivity index (χ4n) is 4.71. The van der Waals surface area contributed by atoms with Gasteiger partial charge in [0.05, 0.1) is 25.4 Å². The van der Waals surface area contributed by atoms with Crippen LogP contribution in [0.2, 0.25) is 0 Å². The number of aromatic nitrogens is 2. The number of urea groups is 1. The van der Waals surface area contributed by atoms with Gasteiger partial charge in [0.25, 0.3) is 11.8 Å². The Morgan fingerprint density at radius 1 is 1.19 bits per heavy atom. The number of halogens is 2. The van der Waals surface area contributed by atoms with Crippen LogP contribution in [0.25, 0.3) is 22.1 Å². The molecule has 0 unspecified atom stereocenters. The quantitative estimate of drug-likeness (QED) is 0.367. The van der Waals surface area contributed by atoms with E-state index in [-0.39, 0.29) is 41.3 Å². The van der Waals surface area contributed by atoms with Gasteiger partial charge in [-0.15, -0.1) is 0 Å². The summed E-state index contributed by atoms with van der Waals surface area (Å²) in [5.74, 6) is -2.90. The van der Waals surface area contributed by atoms with E-state index in [1.165, 1.54) is 48.7 Å². The van der Waals surface area contributed by atoms with E-state index in [1.807, 2.05) is 0 Å². The number of nitrogens with one attached hydrogen (secondary N) is 3. The molecule has 1 saturated heterocycles. The zero-order chi connectivity index (χ0) is 25.2. The van der Waals surface area contributed by atoms with E-state index in [2.05, 4.69) is 20.8 Å². The van der Waals surface area contributed by atoms with Gasteiger partial charge in [0, 0.05) is 35.3 Å². The van der Waals surface area contributed by atoms with Gasteiger partial charge >= 0.3 is 6.03 Å². The standard InChI is InChI=1S/C24H17F2N5O5/c1-35-16-3-2-11-9-31(21(32)19(11)20(16)26)10-24(22(33)29-23(34)30-24)18-5-12-4-14(13-7-27-28-8-13)15(25)6-17(12)36-18/h2-8H,9-10H2,1H3,(H,27,28)(H2,29,30,33,34)/t24-/m0/s1. The van der Waals surface area contributed by atoms with E-state index < -0.39 is 35.0 Å². The van der Waals surface area contributed by atoms with Crippen LogP contribution in [0.4, 0.5) is 13.6 Å². The second-order valence-corrected chi connectivity index (χ2v) is 8.56. The van der Waals surface area contributed by atoms with E-state index in [4.69, 9.17) is 9.15 Å². The summed E-state index contributed by atoms with van der Waals surface area (Å²) in [5, 5.41) is 11.6. The summed E-state index contributed by atoms with van der Waals surface area (Å²) in [6.07, 6.45) is 2.99. The van der Waals surface area contributed by atoms with Crippen molar-refractivity contribution in [2.24, 2.45) is 0 Å². The van der Waals surface area contributed by atoms with Crippen LogP contribution >= 0.6 is 0 Å². The fraction of sp³-hybridized carbons (Fsp3) is 0.167. The molecule has 2 aromatic heterocycles. The minimum Gasteiger partial charge on any atom is -0.494 e. The molecule has 36 heavy (non-hydrogen) atoms. The Kier molecular flexibility index (Phi) is 4.62. The average molecular weight is 493 g/mol. The molecular weight excluding hydrogens is 476 g/mol. The number of imide groups is 1. The molecular formula is C24H17F2N5O5. The summed E-state index contributed by atoms with van der Waals surface area (Å²) in [4.78, 5) is 39.6. The predicted octanol–water partition coefficient (Wildman–Crippen LogP) is 2.80. The minimum atomic E-state index is -1.82. The minimum absolute atomic E-state index is 0.000520. The Morgan fingerprint density at radius 3 is 2.72 bits per heavy atom. The van der Waals surface area contributed by atoms with Gasteiger partial charge in [-0.3, -0.25) is 20.0 Å². The highest BCUT2D eigenvalue weighted by atomic mass is 19.1. The molecule has 0 aliphatic carbocycles. The molecule has 0 spiro atoms. The number of carbonyl (C=O) groups is 3. The summed E-state index contributed by atoms with van der Waals surface area (Å²) in [5.41, 5.74) is -0.667. The molecule has 2 aliphatic heterocycles. The normalized spacial score (nSPS) is 19.1. The number of fused-ring (bicyclic) bond motifs is 2. The summed E-state index contributed by atoms with van der Waals surface area (Å²) >= 11 is 0. The molecule has 1 fully saturated rings. The lowest BCUT2D eigenvalue weighted by Gasteiger charge is -2.29. The van der Waals surface area contributed by atoms with Crippen LogP contribution in [0.5, 0.6) is 5.75 Å². The van der Waals surface area contributed by atoms with Crippen LogP contribution in [-0.4, -0.2) is 46.6 Å². The molecule has 10 nitrogen and oxygen atoms in total. The SMILES string of the molecule is COc1ccc2c(c1F)C(=O)N(C[C@@]1(c3cc4cc(-c5cn[nH]c5)c(F)cc4o3)NC(=O)NC1=O)C2. The molecule has 3 N–H and O–H groups in total. The van der Waals surface area contributed by atoms with E-state index in [1.54, 1.807) is 6.07 Å². The van der Waals surface area contributed by atoms with Crippen molar-refractivity contribution in [2.75, 3.05) is 13.7 Å². The van der Waals surface area contributed by atoms with Crippen molar-refractivity contribution in [1.29, 1.82) is 0 Å². The second-order valence-electron chi connectivity index (χ2n) is 8.56. The lowest BCUT2D eigenvalue weighted by atomic mass is 9.95. The zero-order valence-electron chi connectivity index (χ0n) is 18.6. The number of methoxy groups -OCH3 is 1. The first-order valence-electron chi connectivity index (χ1n) is 10.8. The van der Waals surface area contributed by atoms with E-state index >= 15 is 0 Å². The van der Waals surface area contributed by atoms with Crippen molar-refractivity contribution < 1.29 is 32.3 Å². The van der Waals surface area contributed by atoms with Crippen molar-refractivity contribution in [2.45, 2.75) is 12.1 Å². The highest BCUT2D eigenvalue weighted by Gasteiger charge is 2.53. The Balaban J connectivity index is 1.42. The summed E-state index contributed by atoms with van der Waals surface area (Å²) < 4.78 is 40.4. The van der Waals surface area contributed by atoms with Gasteiger partial charge in [-0.25, -0.2) is 13.6 Å². The number of carbonyl (C=O) groups excluding carboxylic acids is 3. The molecule has 0 bridgehead atoms. The Labute approximate surface area is 201 Å². The monoisotopic (exact) mass is 493 g/mol. The lowest BCUT2D eigenvalue weighted by Crippen LogP contribution is -2.52. The maximum absolute atomic E-state index is 14.8. The predicted molar refractivity (Wildman–Crippen MR) is 120 cm³/mol. The number of furan rings is 1. The largest absolute Gasteiger partial charge is 0.494 e. The molecule has 4 amide bonds. The average Bonchev–Trinajstić information content (AvgIpc) is 3.61. The number of ether oxygens (including phenoxy) is 1. The van der Waals surface area contributed by atoms with Gasteiger partial charge in [0.1, 0.15) is 17.2 Å². The highest BCUT2D eigenvalue weighted by molar-refractivity contribution is 6.08. The smallest absolute Gasteiger partial charge is 0.322 e. The molecule has 6 rings (SSSR count). The van der Waals surface area contributed by atoms with E-state index in [9.17, 15) is 23.2 Å². The summed E-state index contributed by atoms with van der Waals surface area (Å²) in [6.45, 7) is -0.351. The number of aromatic amines is 1. The summed E-state index contributed by atoms with van der Waals surface area (Å²) in [7, 11) is 1.29. The van der Waals surface area contributed by atoms with E-state index in [0.29, 0.717) is 16.5 Å². The van der Waals surface area contributed by atoms with Crippen LogP contribution in [0.1, 0.15) is 21.7 Å². The Morgan fingerprint density at radius 2 is 2.03 bits per heavy atom. The third-order valence-electron chi connectivity index (χ3n) is 6.48. The van der Waals surface area contributed by atoms with Crippen molar-refractivity contribution in [1.82, 2.24) is 25.7 Å². The Hall–Kier alpha value is -4.74. The Bertz CT molecular complexity index is 1580. The number of amides is 4. The van der Waals surface area contributed by atoms with Crippen LogP contribution in [0.3, 0.4) is 0 Å². The number of hydrogen-bond donors (Lipinski definition) is 3. The van der Waals surface area contributed by atoms with Gasteiger partial charge in [0.2, 0.25) is 0 Å². The van der Waals surface area contributed by atoms with Gasteiger partial charge in [-0.1, -0.05) is 6.07 Å². The molecule has 4 aromatic rings. The molecule has 12 heteroatoms. The maximum Gasteiger partial charge on any atom is 0.322 e. The van der Waals surface area contributed by atoms with Crippen LogP contribution in [0, 0.1) is 11.6 Å². The third kappa shape index (κ3) is 3.07.